The van der Waals surface area contributed by atoms with E-state index in [4.69, 9.17) is 0 Å². The standard InChI is InChI=1S/C20H17F3N4O3S/c21-20(22,23)17-5-1-2-6-18(17)27-31(29,30)16-9-7-15(8-10-16)26-19(28)25-13-14-4-3-11-24-12-14/h1-12,27H,13H2,(H2,25,26,28). The van der Waals surface area contributed by atoms with Crippen LogP contribution in [-0.2, 0) is 22.7 Å². The Hall–Kier alpha value is -3.60. The molecule has 0 unspecified atom stereocenters. The van der Waals surface area contributed by atoms with Crippen LogP contribution in [-0.4, -0.2) is 19.4 Å². The number of pyridine rings is 1. The van der Waals surface area contributed by atoms with Gasteiger partial charge in [-0.25, -0.2) is 13.2 Å². The highest BCUT2D eigenvalue weighted by atomic mass is 32.2. The summed E-state index contributed by atoms with van der Waals surface area (Å²) in [7, 11) is -4.27. The molecular formula is C20H17F3N4O3S. The second kappa shape index (κ2) is 9.04. The molecule has 0 saturated carbocycles. The van der Waals surface area contributed by atoms with E-state index in [0.29, 0.717) is 5.69 Å². The number of sulfonamides is 1. The average Bonchev–Trinajstić information content (AvgIpc) is 2.73. The first kappa shape index (κ1) is 22.1. The molecule has 0 aliphatic heterocycles. The number of anilines is 2. The maximum absolute atomic E-state index is 13.1. The van der Waals surface area contributed by atoms with Crippen LogP contribution in [0.25, 0.3) is 0 Å². The van der Waals surface area contributed by atoms with Crippen LogP contribution < -0.4 is 15.4 Å². The highest BCUT2D eigenvalue weighted by molar-refractivity contribution is 7.92. The first-order chi connectivity index (χ1) is 14.6. The Labute approximate surface area is 176 Å². The number of halogens is 3. The molecule has 1 heterocycles. The molecule has 0 bridgehead atoms. The third-order valence-corrected chi connectivity index (χ3v) is 5.46. The maximum atomic E-state index is 13.1. The molecule has 7 nitrogen and oxygen atoms in total. The summed E-state index contributed by atoms with van der Waals surface area (Å²) < 4.78 is 66.2. The summed E-state index contributed by atoms with van der Waals surface area (Å²) in [5, 5.41) is 5.15. The lowest BCUT2D eigenvalue weighted by Crippen LogP contribution is -2.28. The molecule has 0 radical (unpaired) electrons. The van der Waals surface area contributed by atoms with Crippen molar-refractivity contribution in [2.24, 2.45) is 0 Å². The molecule has 0 fully saturated rings. The van der Waals surface area contributed by atoms with Crippen molar-refractivity contribution in [1.82, 2.24) is 10.3 Å². The van der Waals surface area contributed by atoms with E-state index in [1.165, 1.54) is 36.4 Å². The van der Waals surface area contributed by atoms with Crippen LogP contribution in [0.1, 0.15) is 11.1 Å². The van der Waals surface area contributed by atoms with E-state index in [9.17, 15) is 26.4 Å². The third kappa shape index (κ3) is 5.95. The summed E-state index contributed by atoms with van der Waals surface area (Å²) in [5.74, 6) is 0. The number of carbonyl (C=O) groups is 1. The summed E-state index contributed by atoms with van der Waals surface area (Å²) in [6.07, 6.45) is -1.50. The Morgan fingerprint density at radius 3 is 2.32 bits per heavy atom. The van der Waals surface area contributed by atoms with Crippen molar-refractivity contribution >= 4 is 27.4 Å². The van der Waals surface area contributed by atoms with Gasteiger partial charge in [0.05, 0.1) is 16.1 Å². The minimum atomic E-state index is -4.71. The summed E-state index contributed by atoms with van der Waals surface area (Å²) in [5.41, 5.74) is -0.572. The van der Waals surface area contributed by atoms with E-state index in [1.54, 1.807) is 24.5 Å². The molecule has 2 aromatic carbocycles. The number of rotatable bonds is 6. The molecule has 0 atom stereocenters. The fourth-order valence-corrected chi connectivity index (χ4v) is 3.68. The van der Waals surface area contributed by atoms with Crippen LogP contribution >= 0.6 is 0 Å². The van der Waals surface area contributed by atoms with Crippen molar-refractivity contribution in [3.8, 4) is 0 Å². The molecule has 3 N–H and O–H groups in total. The van der Waals surface area contributed by atoms with Gasteiger partial charge in [0.1, 0.15) is 0 Å². The van der Waals surface area contributed by atoms with Gasteiger partial charge in [0.15, 0.2) is 0 Å². The molecule has 3 rings (SSSR count). The second-order valence-corrected chi connectivity index (χ2v) is 8.02. The van der Waals surface area contributed by atoms with Crippen molar-refractivity contribution < 1.29 is 26.4 Å². The van der Waals surface area contributed by atoms with E-state index in [-0.39, 0.29) is 11.4 Å². The zero-order valence-corrected chi connectivity index (χ0v) is 16.7. The van der Waals surface area contributed by atoms with Crippen LogP contribution in [0.3, 0.4) is 0 Å². The number of hydrogen-bond acceptors (Lipinski definition) is 4. The van der Waals surface area contributed by atoms with Gasteiger partial charge in [-0.2, -0.15) is 13.2 Å². The van der Waals surface area contributed by atoms with Crippen LogP contribution in [0.15, 0.2) is 78.0 Å². The Balaban J connectivity index is 1.66. The summed E-state index contributed by atoms with van der Waals surface area (Å²) in [4.78, 5) is 15.6. The van der Waals surface area contributed by atoms with Gasteiger partial charge in [0.2, 0.25) is 0 Å². The van der Waals surface area contributed by atoms with E-state index >= 15 is 0 Å². The SMILES string of the molecule is O=C(NCc1cccnc1)Nc1ccc(S(=O)(=O)Nc2ccccc2C(F)(F)F)cc1. The zero-order valence-electron chi connectivity index (χ0n) is 15.8. The number of carbonyl (C=O) groups excluding carboxylic acids is 1. The highest BCUT2D eigenvalue weighted by Gasteiger charge is 2.34. The number of nitrogens with one attached hydrogen (secondary N) is 3. The van der Waals surface area contributed by atoms with Crippen LogP contribution in [0.4, 0.5) is 29.3 Å². The zero-order chi connectivity index (χ0) is 22.5. The van der Waals surface area contributed by atoms with Crippen LogP contribution in [0, 0.1) is 0 Å². The molecule has 0 saturated heterocycles. The number of para-hydroxylation sites is 1. The fourth-order valence-electron chi connectivity index (χ4n) is 2.60. The first-order valence-electron chi connectivity index (χ1n) is 8.88. The van der Waals surface area contributed by atoms with Crippen LogP contribution in [0.2, 0.25) is 0 Å². The number of hydrogen-bond donors (Lipinski definition) is 3. The van der Waals surface area contributed by atoms with Crippen molar-refractivity contribution in [1.29, 1.82) is 0 Å². The minimum absolute atomic E-state index is 0.245. The van der Waals surface area contributed by atoms with Crippen LogP contribution in [0.5, 0.6) is 0 Å². The molecule has 162 valence electrons. The van der Waals surface area contributed by atoms with Crippen molar-refractivity contribution in [3.63, 3.8) is 0 Å². The number of benzene rings is 2. The molecule has 3 aromatic rings. The lowest BCUT2D eigenvalue weighted by molar-refractivity contribution is -0.136. The van der Waals surface area contributed by atoms with Gasteiger partial charge in [-0.15, -0.1) is 0 Å². The fraction of sp³-hybridized carbons (Fsp3) is 0.100. The minimum Gasteiger partial charge on any atom is -0.334 e. The summed E-state index contributed by atoms with van der Waals surface area (Å²) >= 11 is 0. The van der Waals surface area contributed by atoms with Gasteiger partial charge in [-0.05, 0) is 48.0 Å². The van der Waals surface area contributed by atoms with Gasteiger partial charge in [-0.1, -0.05) is 18.2 Å². The van der Waals surface area contributed by atoms with E-state index < -0.39 is 33.5 Å². The number of alkyl halides is 3. The van der Waals surface area contributed by atoms with Gasteiger partial charge >= 0.3 is 12.2 Å². The number of nitrogens with zero attached hydrogens (tertiary/aromatic N) is 1. The number of aromatic nitrogens is 1. The Morgan fingerprint density at radius 1 is 0.968 bits per heavy atom. The monoisotopic (exact) mass is 450 g/mol. The van der Waals surface area contributed by atoms with E-state index in [1.807, 2.05) is 4.72 Å². The largest absolute Gasteiger partial charge is 0.418 e. The number of urea groups is 1. The smallest absolute Gasteiger partial charge is 0.334 e. The molecule has 11 heteroatoms. The maximum Gasteiger partial charge on any atom is 0.418 e. The van der Waals surface area contributed by atoms with Crippen molar-refractivity contribution in [2.75, 3.05) is 10.0 Å². The Bertz CT molecular complexity index is 1150. The van der Waals surface area contributed by atoms with Gasteiger partial charge < -0.3 is 10.6 Å². The first-order valence-corrected chi connectivity index (χ1v) is 10.4. The second-order valence-electron chi connectivity index (χ2n) is 6.34. The topological polar surface area (TPSA) is 100 Å². The van der Waals surface area contributed by atoms with Gasteiger partial charge in [-0.3, -0.25) is 9.71 Å². The van der Waals surface area contributed by atoms with Crippen molar-refractivity contribution in [2.45, 2.75) is 17.6 Å². The number of amides is 2. The third-order valence-electron chi connectivity index (χ3n) is 4.08. The highest BCUT2D eigenvalue weighted by Crippen LogP contribution is 2.35. The molecule has 0 aliphatic rings. The van der Waals surface area contributed by atoms with Crippen molar-refractivity contribution in [3.05, 3.63) is 84.2 Å². The Kier molecular flexibility index (Phi) is 6.44. The van der Waals surface area contributed by atoms with Gasteiger partial charge in [0.25, 0.3) is 10.0 Å². The lowest BCUT2D eigenvalue weighted by Gasteiger charge is -2.15. The molecule has 31 heavy (non-hydrogen) atoms. The molecule has 1 aromatic heterocycles. The Morgan fingerprint density at radius 2 is 1.68 bits per heavy atom. The average molecular weight is 450 g/mol. The molecular weight excluding hydrogens is 433 g/mol. The summed E-state index contributed by atoms with van der Waals surface area (Å²) in [6.45, 7) is 0.245. The van der Waals surface area contributed by atoms with Gasteiger partial charge in [0, 0.05) is 24.6 Å². The summed E-state index contributed by atoms with van der Waals surface area (Å²) in [6, 6.07) is 12.3. The quantitative estimate of drug-likeness (QED) is 0.523. The lowest BCUT2D eigenvalue weighted by atomic mass is 10.2. The predicted molar refractivity (Wildman–Crippen MR) is 109 cm³/mol. The van der Waals surface area contributed by atoms with E-state index in [0.717, 1.165) is 17.7 Å². The molecule has 0 aliphatic carbocycles. The van der Waals surface area contributed by atoms with E-state index in [2.05, 4.69) is 15.6 Å². The normalized spacial score (nSPS) is 11.6. The molecule has 0 spiro atoms. The predicted octanol–water partition coefficient (Wildman–Crippen LogP) is 4.22. The molecule has 2 amide bonds.